The molecule has 0 aliphatic heterocycles. The summed E-state index contributed by atoms with van der Waals surface area (Å²) in [5.41, 5.74) is 2.03. The maximum Gasteiger partial charge on any atom is 0.407 e. The van der Waals surface area contributed by atoms with Crippen LogP contribution in [0.15, 0.2) is 91.0 Å². The fraction of sp³-hybridized carbons (Fsp3) is 0.286. The van der Waals surface area contributed by atoms with Gasteiger partial charge in [-0.1, -0.05) is 91.0 Å². The van der Waals surface area contributed by atoms with E-state index in [-0.39, 0.29) is 0 Å². The lowest BCUT2D eigenvalue weighted by atomic mass is 9.65. The Morgan fingerprint density at radius 2 is 1.31 bits per heavy atom. The number of alkyl carbamates (subject to hydrolysis) is 1. The lowest BCUT2D eigenvalue weighted by Gasteiger charge is -2.44. The molecule has 4 rings (SSSR count). The van der Waals surface area contributed by atoms with E-state index in [1.54, 1.807) is 0 Å². The van der Waals surface area contributed by atoms with Crippen molar-refractivity contribution in [3.8, 4) is 0 Å². The van der Waals surface area contributed by atoms with Crippen molar-refractivity contribution in [2.45, 2.75) is 49.7 Å². The minimum absolute atomic E-state index is 0.414. The molecular weight excluding hydrogens is 398 g/mol. The molecule has 1 saturated carbocycles. The Hall–Kier alpha value is -3.40. The summed E-state index contributed by atoms with van der Waals surface area (Å²) in [7, 11) is 0. The van der Waals surface area contributed by atoms with Crippen LogP contribution in [0.3, 0.4) is 0 Å². The molecule has 4 heteroatoms. The minimum atomic E-state index is -0.636. The fourth-order valence-electron chi connectivity index (χ4n) is 4.68. The lowest BCUT2D eigenvalue weighted by molar-refractivity contribution is -0.116. The summed E-state index contributed by atoms with van der Waals surface area (Å²) in [6, 6.07) is 29.8. The number of carbonyl (C=O) groups excluding carboxylic acids is 2. The normalized spacial score (nSPS) is 22.6. The van der Waals surface area contributed by atoms with Crippen molar-refractivity contribution in [2.75, 3.05) is 0 Å². The van der Waals surface area contributed by atoms with Crippen LogP contribution >= 0.6 is 0 Å². The van der Waals surface area contributed by atoms with Crippen LogP contribution in [0.1, 0.15) is 42.4 Å². The first-order valence-corrected chi connectivity index (χ1v) is 11.2. The van der Waals surface area contributed by atoms with Gasteiger partial charge in [0, 0.05) is 13.0 Å². The summed E-state index contributed by atoms with van der Waals surface area (Å²) in [6.07, 6.45) is 3.88. The first-order chi connectivity index (χ1) is 15.6. The van der Waals surface area contributed by atoms with Crippen LogP contribution < -0.4 is 5.32 Å². The summed E-state index contributed by atoms with van der Waals surface area (Å²) in [6.45, 7) is 0.420. The number of ether oxygens (including phenoxy) is 1. The van der Waals surface area contributed by atoms with Gasteiger partial charge >= 0.3 is 6.09 Å². The molecule has 0 unspecified atom stereocenters. The fourth-order valence-corrected chi connectivity index (χ4v) is 4.68. The second-order valence-electron chi connectivity index (χ2n) is 8.71. The summed E-state index contributed by atoms with van der Waals surface area (Å²) >= 11 is 0. The van der Waals surface area contributed by atoms with Crippen molar-refractivity contribution >= 4 is 12.4 Å². The number of rotatable bonds is 7. The van der Waals surface area contributed by atoms with Gasteiger partial charge in [-0.2, -0.15) is 0 Å². The molecule has 0 saturated heterocycles. The molecule has 0 radical (unpaired) electrons. The Labute approximate surface area is 189 Å². The topological polar surface area (TPSA) is 55.4 Å². The third kappa shape index (κ3) is 5.08. The Morgan fingerprint density at radius 3 is 1.88 bits per heavy atom. The van der Waals surface area contributed by atoms with Crippen LogP contribution in [0.25, 0.3) is 0 Å². The molecular formula is C28H29NO3. The molecule has 32 heavy (non-hydrogen) atoms. The van der Waals surface area contributed by atoms with Gasteiger partial charge in [-0.3, -0.25) is 0 Å². The van der Waals surface area contributed by atoms with E-state index >= 15 is 0 Å². The molecule has 1 N–H and O–H groups in total. The van der Waals surface area contributed by atoms with Crippen LogP contribution in [0.5, 0.6) is 0 Å². The van der Waals surface area contributed by atoms with Gasteiger partial charge in [-0.15, -0.1) is 0 Å². The van der Waals surface area contributed by atoms with Gasteiger partial charge in [-0.25, -0.2) is 4.79 Å². The number of aldehydes is 1. The van der Waals surface area contributed by atoms with Gasteiger partial charge in [-0.05, 0) is 42.4 Å². The van der Waals surface area contributed by atoms with Gasteiger partial charge < -0.3 is 14.8 Å². The standard InChI is InChI=1S/C28H29NO3/c30-22-27(25-14-8-3-9-15-25)16-18-28(19-17-27,20-23-10-4-1-5-11-23)32-26(31)29-21-24-12-6-2-7-13-24/h1-15,22H,16-21H2,(H,29,31). The lowest BCUT2D eigenvalue weighted by Crippen LogP contribution is -2.48. The quantitative estimate of drug-likeness (QED) is 0.499. The first kappa shape index (κ1) is 21.8. The van der Waals surface area contributed by atoms with E-state index < -0.39 is 17.1 Å². The van der Waals surface area contributed by atoms with E-state index in [9.17, 15) is 9.59 Å². The number of benzene rings is 3. The summed E-state index contributed by atoms with van der Waals surface area (Å²) in [5, 5.41) is 2.89. The van der Waals surface area contributed by atoms with Crippen molar-refractivity contribution in [1.82, 2.24) is 5.32 Å². The van der Waals surface area contributed by atoms with E-state index in [0.29, 0.717) is 38.6 Å². The number of hydrogen-bond acceptors (Lipinski definition) is 3. The zero-order valence-electron chi connectivity index (χ0n) is 18.2. The predicted molar refractivity (Wildman–Crippen MR) is 125 cm³/mol. The number of amides is 1. The second-order valence-corrected chi connectivity index (χ2v) is 8.71. The van der Waals surface area contributed by atoms with Crippen molar-refractivity contribution in [1.29, 1.82) is 0 Å². The highest BCUT2D eigenvalue weighted by molar-refractivity contribution is 5.70. The predicted octanol–water partition coefficient (Wildman–Crippen LogP) is 5.61. The number of nitrogens with one attached hydrogen (secondary N) is 1. The molecule has 0 spiro atoms. The van der Waals surface area contributed by atoms with Gasteiger partial charge in [0.05, 0.1) is 5.41 Å². The first-order valence-electron chi connectivity index (χ1n) is 11.2. The monoisotopic (exact) mass is 427 g/mol. The van der Waals surface area contributed by atoms with Crippen LogP contribution in [0, 0.1) is 0 Å². The second kappa shape index (κ2) is 9.82. The van der Waals surface area contributed by atoms with Crippen LogP contribution in [-0.4, -0.2) is 18.0 Å². The number of carbonyl (C=O) groups is 2. The molecule has 3 aromatic carbocycles. The zero-order valence-corrected chi connectivity index (χ0v) is 18.2. The highest BCUT2D eigenvalue weighted by Crippen LogP contribution is 2.45. The van der Waals surface area contributed by atoms with Crippen LogP contribution in [0.2, 0.25) is 0 Å². The Bertz CT molecular complexity index is 1010. The average Bonchev–Trinajstić information content (AvgIpc) is 2.85. The largest absolute Gasteiger partial charge is 0.443 e. The van der Waals surface area contributed by atoms with E-state index in [4.69, 9.17) is 4.74 Å². The third-order valence-corrected chi connectivity index (χ3v) is 6.59. The molecule has 0 aromatic heterocycles. The maximum absolute atomic E-state index is 12.8. The molecule has 3 aromatic rings. The molecule has 1 aliphatic carbocycles. The van der Waals surface area contributed by atoms with Gasteiger partial charge in [0.1, 0.15) is 11.9 Å². The molecule has 0 atom stereocenters. The molecule has 0 bridgehead atoms. The smallest absolute Gasteiger partial charge is 0.407 e. The van der Waals surface area contributed by atoms with Gasteiger partial charge in [0.25, 0.3) is 0 Å². The van der Waals surface area contributed by atoms with Crippen molar-refractivity contribution in [3.05, 3.63) is 108 Å². The Balaban J connectivity index is 1.50. The SMILES string of the molecule is O=CC1(c2ccccc2)CCC(Cc2ccccc2)(OC(=O)NCc2ccccc2)CC1. The zero-order chi connectivity index (χ0) is 22.3. The Morgan fingerprint density at radius 1 is 0.781 bits per heavy atom. The highest BCUT2D eigenvalue weighted by atomic mass is 16.6. The summed E-state index contributed by atoms with van der Waals surface area (Å²) < 4.78 is 6.11. The van der Waals surface area contributed by atoms with Crippen molar-refractivity contribution in [2.24, 2.45) is 0 Å². The molecule has 1 aliphatic rings. The van der Waals surface area contributed by atoms with E-state index in [1.807, 2.05) is 78.9 Å². The highest BCUT2D eigenvalue weighted by Gasteiger charge is 2.46. The summed E-state index contributed by atoms with van der Waals surface area (Å²) in [5.74, 6) is 0. The van der Waals surface area contributed by atoms with Gasteiger partial charge in [0.2, 0.25) is 0 Å². The van der Waals surface area contributed by atoms with Crippen LogP contribution in [0.4, 0.5) is 4.79 Å². The molecule has 0 heterocycles. The third-order valence-electron chi connectivity index (χ3n) is 6.59. The van der Waals surface area contributed by atoms with Gasteiger partial charge in [0.15, 0.2) is 0 Å². The molecule has 164 valence electrons. The van der Waals surface area contributed by atoms with Crippen molar-refractivity contribution in [3.63, 3.8) is 0 Å². The van der Waals surface area contributed by atoms with E-state index in [1.165, 1.54) is 0 Å². The maximum atomic E-state index is 12.8. The van der Waals surface area contributed by atoms with E-state index in [2.05, 4.69) is 17.4 Å². The molecule has 4 nitrogen and oxygen atoms in total. The minimum Gasteiger partial charge on any atom is -0.443 e. The molecule has 1 amide bonds. The molecule has 1 fully saturated rings. The van der Waals surface area contributed by atoms with Crippen molar-refractivity contribution < 1.29 is 14.3 Å². The summed E-state index contributed by atoms with van der Waals surface area (Å²) in [4.78, 5) is 25.0. The number of hydrogen-bond donors (Lipinski definition) is 1. The Kier molecular flexibility index (Phi) is 6.69. The van der Waals surface area contributed by atoms with E-state index in [0.717, 1.165) is 23.0 Å². The van der Waals surface area contributed by atoms with Crippen LogP contribution in [-0.2, 0) is 27.9 Å². The average molecular weight is 428 g/mol.